The van der Waals surface area contributed by atoms with E-state index >= 15 is 0 Å². The summed E-state index contributed by atoms with van der Waals surface area (Å²) in [4.78, 5) is 16.8. The van der Waals surface area contributed by atoms with Gasteiger partial charge in [-0.05, 0) is 19.1 Å². The van der Waals surface area contributed by atoms with E-state index in [1.807, 2.05) is 31.2 Å². The quantitative estimate of drug-likeness (QED) is 0.790. The van der Waals surface area contributed by atoms with Crippen molar-refractivity contribution in [3.05, 3.63) is 35.1 Å². The predicted octanol–water partition coefficient (Wildman–Crippen LogP) is 2.05. The Morgan fingerprint density at radius 3 is 2.80 bits per heavy atom. The second-order valence-electron chi connectivity index (χ2n) is 4.08. The van der Waals surface area contributed by atoms with E-state index in [0.717, 1.165) is 15.2 Å². The molecule has 0 aliphatic carbocycles. The summed E-state index contributed by atoms with van der Waals surface area (Å²) < 4.78 is 6.41. The molecule has 0 fully saturated rings. The van der Waals surface area contributed by atoms with Gasteiger partial charge in [-0.25, -0.2) is 4.98 Å². The fourth-order valence-corrected chi connectivity index (χ4v) is 2.78. The Hall–Kier alpha value is -2.28. The van der Waals surface area contributed by atoms with Gasteiger partial charge in [0.1, 0.15) is 10.8 Å². The van der Waals surface area contributed by atoms with Crippen LogP contribution in [0.4, 0.5) is 5.95 Å². The minimum absolute atomic E-state index is 0.166. The van der Waals surface area contributed by atoms with E-state index in [9.17, 15) is 0 Å². The number of nitrogens with zero attached hydrogens (tertiary/aromatic N) is 4. The molecule has 3 aromatic rings. The van der Waals surface area contributed by atoms with Crippen LogP contribution in [0.1, 0.15) is 17.8 Å². The van der Waals surface area contributed by atoms with Gasteiger partial charge in [0.2, 0.25) is 5.95 Å². The van der Waals surface area contributed by atoms with E-state index in [1.165, 1.54) is 0 Å². The van der Waals surface area contributed by atoms with Gasteiger partial charge in [0, 0.05) is 0 Å². The van der Waals surface area contributed by atoms with Gasteiger partial charge in [0.05, 0.1) is 23.2 Å². The summed E-state index contributed by atoms with van der Waals surface area (Å²) in [7, 11) is 0. The third kappa shape index (κ3) is 2.67. The van der Waals surface area contributed by atoms with Crippen molar-refractivity contribution < 1.29 is 4.74 Å². The Bertz CT molecular complexity index is 709. The summed E-state index contributed by atoms with van der Waals surface area (Å²) in [5.74, 6) is 0.736. The monoisotopic (exact) mass is 287 g/mol. The Kier molecular flexibility index (Phi) is 3.42. The van der Waals surface area contributed by atoms with Gasteiger partial charge < -0.3 is 10.5 Å². The number of nitrogens with two attached hydrogens (primary N) is 1. The maximum absolute atomic E-state index is 5.66. The van der Waals surface area contributed by atoms with Gasteiger partial charge in [-0.15, -0.1) is 11.3 Å². The molecule has 2 N–H and O–H groups in total. The topological polar surface area (TPSA) is 86.8 Å². The lowest BCUT2D eigenvalue weighted by Gasteiger charge is -2.03. The third-order valence-electron chi connectivity index (χ3n) is 2.60. The first-order valence-corrected chi connectivity index (χ1v) is 7.04. The molecule has 2 heterocycles. The molecule has 0 amide bonds. The molecule has 1 aromatic carbocycles. The summed E-state index contributed by atoms with van der Waals surface area (Å²) in [5, 5.41) is 0.944. The third-order valence-corrected chi connectivity index (χ3v) is 3.64. The summed E-state index contributed by atoms with van der Waals surface area (Å²) in [6.45, 7) is 2.36. The number of hydrogen-bond acceptors (Lipinski definition) is 7. The number of hydrogen-bond donors (Lipinski definition) is 1. The zero-order valence-electron chi connectivity index (χ0n) is 10.9. The van der Waals surface area contributed by atoms with E-state index in [0.29, 0.717) is 18.9 Å². The molecule has 7 heteroatoms. The molecular formula is C13H13N5OS. The summed E-state index contributed by atoms with van der Waals surface area (Å²) >= 11 is 1.62. The number of ether oxygens (including phenoxy) is 1. The number of rotatable bonds is 4. The minimum atomic E-state index is 0.166. The summed E-state index contributed by atoms with van der Waals surface area (Å²) in [5.41, 5.74) is 6.64. The molecule has 0 saturated heterocycles. The number of thiazole rings is 1. The van der Waals surface area contributed by atoms with Crippen molar-refractivity contribution in [1.29, 1.82) is 0 Å². The first-order chi connectivity index (χ1) is 9.74. The zero-order chi connectivity index (χ0) is 13.9. The molecule has 0 radical (unpaired) electrons. The minimum Gasteiger partial charge on any atom is -0.464 e. The van der Waals surface area contributed by atoms with Crippen LogP contribution in [-0.4, -0.2) is 26.5 Å². The smallest absolute Gasteiger partial charge is 0.321 e. The van der Waals surface area contributed by atoms with Crippen molar-refractivity contribution in [2.24, 2.45) is 0 Å². The molecule has 0 spiro atoms. The van der Waals surface area contributed by atoms with Gasteiger partial charge in [0.15, 0.2) is 0 Å². The van der Waals surface area contributed by atoms with Crippen molar-refractivity contribution >= 4 is 27.5 Å². The highest BCUT2D eigenvalue weighted by molar-refractivity contribution is 7.18. The van der Waals surface area contributed by atoms with Crippen molar-refractivity contribution in [2.75, 3.05) is 12.3 Å². The number of benzene rings is 1. The molecule has 0 unspecified atom stereocenters. The molecule has 20 heavy (non-hydrogen) atoms. The molecule has 0 aliphatic heterocycles. The van der Waals surface area contributed by atoms with Crippen LogP contribution in [0.3, 0.4) is 0 Å². The maximum atomic E-state index is 5.66. The molecule has 2 aromatic heterocycles. The maximum Gasteiger partial charge on any atom is 0.321 e. The number of fused-ring (bicyclic) bond motifs is 1. The van der Waals surface area contributed by atoms with Gasteiger partial charge in [-0.3, -0.25) is 0 Å². The van der Waals surface area contributed by atoms with Gasteiger partial charge in [-0.1, -0.05) is 12.1 Å². The first-order valence-electron chi connectivity index (χ1n) is 6.22. The van der Waals surface area contributed by atoms with Crippen LogP contribution in [-0.2, 0) is 6.42 Å². The Labute approximate surface area is 119 Å². The van der Waals surface area contributed by atoms with Crippen molar-refractivity contribution in [2.45, 2.75) is 13.3 Å². The lowest BCUT2D eigenvalue weighted by Crippen LogP contribution is -2.07. The number of aromatic nitrogens is 4. The van der Waals surface area contributed by atoms with E-state index in [2.05, 4.69) is 19.9 Å². The molecule has 0 atom stereocenters. The van der Waals surface area contributed by atoms with Gasteiger partial charge >= 0.3 is 6.01 Å². The molecule has 102 valence electrons. The highest BCUT2D eigenvalue weighted by Gasteiger charge is 2.09. The Morgan fingerprint density at radius 2 is 2.00 bits per heavy atom. The molecule has 0 saturated carbocycles. The predicted molar refractivity (Wildman–Crippen MR) is 77.8 cm³/mol. The van der Waals surface area contributed by atoms with Gasteiger partial charge in [-0.2, -0.15) is 15.0 Å². The van der Waals surface area contributed by atoms with Crippen molar-refractivity contribution in [3.8, 4) is 6.01 Å². The molecular weight excluding hydrogens is 274 g/mol. The standard InChI is InChI=1S/C13H13N5OS/c1-2-19-13-17-10(16-12(14)18-13)7-11-15-8-5-3-4-6-9(8)20-11/h3-6H,2,7H2,1H3,(H2,14,16,17,18). The normalized spacial score (nSPS) is 10.8. The van der Waals surface area contributed by atoms with Crippen LogP contribution < -0.4 is 10.5 Å². The van der Waals surface area contributed by atoms with E-state index in [1.54, 1.807) is 11.3 Å². The number of nitrogen functional groups attached to an aromatic ring is 1. The van der Waals surface area contributed by atoms with Crippen molar-refractivity contribution in [3.63, 3.8) is 0 Å². The molecule has 6 nitrogen and oxygen atoms in total. The fourth-order valence-electron chi connectivity index (χ4n) is 1.82. The lowest BCUT2D eigenvalue weighted by atomic mass is 10.3. The van der Waals surface area contributed by atoms with Gasteiger partial charge in [0.25, 0.3) is 0 Å². The zero-order valence-corrected chi connectivity index (χ0v) is 11.7. The summed E-state index contributed by atoms with van der Waals surface area (Å²) in [6, 6.07) is 8.27. The average Bonchev–Trinajstić information content (AvgIpc) is 2.80. The van der Waals surface area contributed by atoms with E-state index < -0.39 is 0 Å². The second kappa shape index (κ2) is 5.38. The number of para-hydroxylation sites is 1. The average molecular weight is 287 g/mol. The van der Waals surface area contributed by atoms with E-state index in [-0.39, 0.29) is 12.0 Å². The van der Waals surface area contributed by atoms with Crippen LogP contribution in [0.15, 0.2) is 24.3 Å². The Morgan fingerprint density at radius 1 is 1.15 bits per heavy atom. The van der Waals surface area contributed by atoms with Crippen LogP contribution in [0.2, 0.25) is 0 Å². The van der Waals surface area contributed by atoms with Crippen LogP contribution in [0, 0.1) is 0 Å². The van der Waals surface area contributed by atoms with Crippen LogP contribution in [0.5, 0.6) is 6.01 Å². The highest BCUT2D eigenvalue weighted by atomic mass is 32.1. The molecule has 0 bridgehead atoms. The van der Waals surface area contributed by atoms with E-state index in [4.69, 9.17) is 10.5 Å². The number of anilines is 1. The second-order valence-corrected chi connectivity index (χ2v) is 5.19. The SMILES string of the molecule is CCOc1nc(N)nc(Cc2nc3ccccc3s2)n1. The lowest BCUT2D eigenvalue weighted by molar-refractivity contribution is 0.310. The molecule has 3 rings (SSSR count). The first kappa shape index (κ1) is 12.7. The Balaban J connectivity index is 1.90. The fraction of sp³-hybridized carbons (Fsp3) is 0.231. The highest BCUT2D eigenvalue weighted by Crippen LogP contribution is 2.23. The summed E-state index contributed by atoms with van der Waals surface area (Å²) in [6.07, 6.45) is 0.520. The van der Waals surface area contributed by atoms with Crippen LogP contribution in [0.25, 0.3) is 10.2 Å². The molecule has 0 aliphatic rings. The van der Waals surface area contributed by atoms with Crippen molar-refractivity contribution in [1.82, 2.24) is 19.9 Å². The largest absolute Gasteiger partial charge is 0.464 e. The van der Waals surface area contributed by atoms with Crippen LogP contribution >= 0.6 is 11.3 Å².